The van der Waals surface area contributed by atoms with E-state index in [0.29, 0.717) is 5.56 Å². The van der Waals surface area contributed by atoms with Crippen LogP contribution in [0.5, 0.6) is 0 Å². The van der Waals surface area contributed by atoms with E-state index in [9.17, 15) is 0 Å². The molecular weight excluding hydrogens is 679 g/mol. The zero-order chi connectivity index (χ0) is 27.7. The van der Waals surface area contributed by atoms with Gasteiger partial charge in [-0.05, 0) is 63.3 Å². The second kappa shape index (κ2) is 11.6. The topological polar surface area (TPSA) is 49.6 Å². The Morgan fingerprint density at radius 3 is 2.27 bits per heavy atom. The molecule has 0 fully saturated rings. The van der Waals surface area contributed by atoms with E-state index in [1.54, 1.807) is 24.4 Å². The van der Waals surface area contributed by atoms with E-state index < -0.39 is 0 Å². The number of aromatic nitrogens is 2. The summed E-state index contributed by atoms with van der Waals surface area (Å²) in [4.78, 5) is 8.83. The first-order valence-corrected chi connectivity index (χ1v) is 13.3. The number of rotatable bonds is 2. The van der Waals surface area contributed by atoms with Crippen LogP contribution in [-0.2, 0) is 25.5 Å². The Hall–Kier alpha value is -4.42. The van der Waals surface area contributed by atoms with E-state index in [1.807, 2.05) is 43.5 Å². The molecular formula is C37H27IrN3-2. The van der Waals surface area contributed by atoms with Crippen molar-refractivity contribution in [2.45, 2.75) is 26.2 Å². The molecule has 1 aliphatic rings. The van der Waals surface area contributed by atoms with Gasteiger partial charge in [-0.25, -0.2) is 0 Å². The molecule has 2 aromatic heterocycles. The van der Waals surface area contributed by atoms with Crippen molar-refractivity contribution in [3.63, 3.8) is 0 Å². The van der Waals surface area contributed by atoms with Crippen LogP contribution in [0.1, 0.15) is 36.1 Å². The largest absolute Gasteiger partial charge is 0.305 e. The van der Waals surface area contributed by atoms with Gasteiger partial charge in [-0.2, -0.15) is 5.26 Å². The predicted molar refractivity (Wildman–Crippen MR) is 162 cm³/mol. The first-order chi connectivity index (χ1) is 19.5. The van der Waals surface area contributed by atoms with Crippen LogP contribution in [0.15, 0.2) is 109 Å². The van der Waals surface area contributed by atoms with Crippen LogP contribution in [0.3, 0.4) is 0 Å². The van der Waals surface area contributed by atoms with Crippen LogP contribution in [-0.4, -0.2) is 9.97 Å². The number of aryl methyl sites for hydroxylation is 1. The molecule has 0 aliphatic heterocycles. The fourth-order valence-electron chi connectivity index (χ4n) is 5.75. The molecule has 2 heterocycles. The molecule has 0 N–H and O–H groups in total. The number of nitriles is 1. The summed E-state index contributed by atoms with van der Waals surface area (Å²) in [5.41, 5.74) is 10.9. The van der Waals surface area contributed by atoms with Crippen molar-refractivity contribution in [2.24, 2.45) is 0 Å². The Morgan fingerprint density at radius 2 is 1.49 bits per heavy atom. The quantitative estimate of drug-likeness (QED) is 0.169. The van der Waals surface area contributed by atoms with Gasteiger partial charge in [0.25, 0.3) is 0 Å². The number of hydrogen-bond donors (Lipinski definition) is 0. The molecule has 0 unspecified atom stereocenters. The van der Waals surface area contributed by atoms with Crippen molar-refractivity contribution < 1.29 is 20.1 Å². The van der Waals surface area contributed by atoms with Crippen molar-refractivity contribution in [3.05, 3.63) is 144 Å². The minimum Gasteiger partial charge on any atom is -0.305 e. The van der Waals surface area contributed by atoms with Gasteiger partial charge in [0, 0.05) is 32.5 Å². The number of fused-ring (bicyclic) bond motifs is 5. The van der Waals surface area contributed by atoms with Gasteiger partial charge >= 0.3 is 0 Å². The first kappa shape index (κ1) is 28.1. The van der Waals surface area contributed by atoms with Crippen molar-refractivity contribution in [2.75, 3.05) is 0 Å². The van der Waals surface area contributed by atoms with Gasteiger partial charge in [0.15, 0.2) is 0 Å². The van der Waals surface area contributed by atoms with Crippen LogP contribution in [0.4, 0.5) is 0 Å². The molecule has 4 aromatic carbocycles. The molecule has 0 amide bonds. The van der Waals surface area contributed by atoms with Gasteiger partial charge < -0.3 is 9.97 Å². The Balaban J connectivity index is 0.000000182. The fraction of sp³-hybridized carbons (Fsp3) is 0.108. The third-order valence-corrected chi connectivity index (χ3v) is 7.51. The van der Waals surface area contributed by atoms with Crippen LogP contribution < -0.4 is 0 Å². The Kier molecular flexibility index (Phi) is 7.95. The third kappa shape index (κ3) is 5.23. The number of pyridine rings is 2. The summed E-state index contributed by atoms with van der Waals surface area (Å²) < 4.78 is 0. The molecule has 6 aromatic rings. The molecule has 0 atom stereocenters. The van der Waals surface area contributed by atoms with Gasteiger partial charge in [0.1, 0.15) is 0 Å². The summed E-state index contributed by atoms with van der Waals surface area (Å²) in [6.45, 7) is 6.66. The summed E-state index contributed by atoms with van der Waals surface area (Å²) in [6, 6.07) is 41.3. The summed E-state index contributed by atoms with van der Waals surface area (Å²) in [5.74, 6) is 0. The second-order valence-corrected chi connectivity index (χ2v) is 10.5. The van der Waals surface area contributed by atoms with E-state index in [0.717, 1.165) is 28.1 Å². The van der Waals surface area contributed by atoms with Crippen LogP contribution >= 0.6 is 0 Å². The molecule has 41 heavy (non-hydrogen) atoms. The third-order valence-electron chi connectivity index (χ3n) is 7.51. The average molecular weight is 706 g/mol. The monoisotopic (exact) mass is 706 g/mol. The predicted octanol–water partition coefficient (Wildman–Crippen LogP) is 8.73. The van der Waals surface area contributed by atoms with Gasteiger partial charge in [-0.1, -0.05) is 79.6 Å². The molecule has 7 rings (SSSR count). The van der Waals surface area contributed by atoms with E-state index >= 15 is 0 Å². The molecule has 0 saturated carbocycles. The SMILES string of the molecule is CC1(C)c2c(-c3ccccn3)[c-]ccc2-c2ccc3ccccc3c21.Cc1ccnc(-c2[c-]ccc(C#N)c2)c1.[Ir]. The maximum atomic E-state index is 8.78. The molecule has 0 saturated heterocycles. The standard InChI is InChI=1S/C24H18N.C13H9N2.Ir/c1-24(2)22-17-9-4-3-8-16(17)13-14-19(22)18-10-7-11-20(23(18)24)21-12-5-6-15-25-21;1-10-5-6-15-13(7-10)12-4-2-3-11(8-12)9-14;/h3-10,12-15H,1-2H3;2-3,5-8H,1H3;/q2*-1;. The minimum absolute atomic E-state index is 0. The van der Waals surface area contributed by atoms with E-state index in [4.69, 9.17) is 5.26 Å². The summed E-state index contributed by atoms with van der Waals surface area (Å²) in [6.07, 6.45) is 3.62. The Morgan fingerprint density at radius 1 is 0.732 bits per heavy atom. The number of nitrogens with zero attached hydrogens (tertiary/aromatic N) is 3. The van der Waals surface area contributed by atoms with Gasteiger partial charge in [0.2, 0.25) is 0 Å². The summed E-state index contributed by atoms with van der Waals surface area (Å²) in [7, 11) is 0. The van der Waals surface area contributed by atoms with Crippen molar-refractivity contribution >= 4 is 10.8 Å². The zero-order valence-corrected chi connectivity index (χ0v) is 25.5. The molecule has 0 bridgehead atoms. The summed E-state index contributed by atoms with van der Waals surface area (Å²) >= 11 is 0. The van der Waals surface area contributed by atoms with Crippen molar-refractivity contribution in [1.82, 2.24) is 9.97 Å². The van der Waals surface area contributed by atoms with Crippen LogP contribution in [0, 0.1) is 30.4 Å². The van der Waals surface area contributed by atoms with Gasteiger partial charge in [-0.15, -0.1) is 59.2 Å². The van der Waals surface area contributed by atoms with E-state index in [1.165, 1.54) is 33.0 Å². The average Bonchev–Trinajstić information content (AvgIpc) is 3.25. The molecule has 0 spiro atoms. The Bertz CT molecular complexity index is 1900. The number of benzene rings is 4. The van der Waals surface area contributed by atoms with Crippen molar-refractivity contribution in [1.29, 1.82) is 5.26 Å². The van der Waals surface area contributed by atoms with Crippen LogP contribution in [0.25, 0.3) is 44.4 Å². The van der Waals surface area contributed by atoms with Gasteiger partial charge in [0.05, 0.1) is 6.07 Å². The molecule has 3 nitrogen and oxygen atoms in total. The van der Waals surface area contributed by atoms with Crippen molar-refractivity contribution in [3.8, 4) is 39.7 Å². The van der Waals surface area contributed by atoms with E-state index in [-0.39, 0.29) is 25.5 Å². The second-order valence-electron chi connectivity index (χ2n) is 10.5. The molecule has 1 radical (unpaired) electrons. The first-order valence-electron chi connectivity index (χ1n) is 13.3. The molecule has 1 aliphatic carbocycles. The summed E-state index contributed by atoms with van der Waals surface area (Å²) in [5, 5.41) is 11.4. The normalized spacial score (nSPS) is 12.2. The maximum Gasteiger partial charge on any atom is 0.0789 e. The maximum absolute atomic E-state index is 8.78. The molecule has 4 heteroatoms. The molecule has 201 valence electrons. The van der Waals surface area contributed by atoms with E-state index in [2.05, 4.69) is 90.5 Å². The fourth-order valence-corrected chi connectivity index (χ4v) is 5.75. The van der Waals surface area contributed by atoms with Crippen LogP contribution in [0.2, 0.25) is 0 Å². The smallest absolute Gasteiger partial charge is 0.0789 e. The number of hydrogen-bond acceptors (Lipinski definition) is 3. The zero-order valence-electron chi connectivity index (χ0n) is 23.1. The van der Waals surface area contributed by atoms with Gasteiger partial charge in [-0.3, -0.25) is 0 Å². The Labute approximate surface area is 254 Å². The minimum atomic E-state index is -0.0872.